The Hall–Kier alpha value is -2.24. The number of carbonyl (C=O) groups excluding carboxylic acids is 2. The second kappa shape index (κ2) is 6.37. The lowest BCUT2D eigenvalue weighted by Gasteiger charge is -2.16. The van der Waals surface area contributed by atoms with Gasteiger partial charge in [-0.1, -0.05) is 30.3 Å². The normalized spacial score (nSPS) is 11.5. The number of nitrogens with two attached hydrogens (primary N) is 2. The maximum Gasteiger partial charge on any atom is 0.404 e. The lowest BCUT2D eigenvalue weighted by molar-refractivity contribution is 0.143. The minimum absolute atomic E-state index is 0.00678. The second-order valence-electron chi connectivity index (χ2n) is 3.53. The molecule has 0 saturated heterocycles. The van der Waals surface area contributed by atoms with Gasteiger partial charge in [0, 0.05) is 0 Å². The summed E-state index contributed by atoms with van der Waals surface area (Å²) in [5.74, 6) is 0. The predicted octanol–water partition coefficient (Wildman–Crippen LogP) is 0.361. The largest absolute Gasteiger partial charge is 0.448 e. The van der Waals surface area contributed by atoms with Crippen LogP contribution in [0.2, 0.25) is 0 Å². The molecule has 0 aromatic heterocycles. The summed E-state index contributed by atoms with van der Waals surface area (Å²) < 4.78 is 4.65. The Morgan fingerprint density at radius 2 is 1.88 bits per heavy atom. The van der Waals surface area contributed by atoms with Gasteiger partial charge in [-0.15, -0.1) is 0 Å². The second-order valence-corrected chi connectivity index (χ2v) is 3.53. The summed E-state index contributed by atoms with van der Waals surface area (Å²) in [7, 11) is 0. The number of primary amides is 2. The minimum atomic E-state index is -0.880. The first-order valence-corrected chi connectivity index (χ1v) is 5.10. The molecule has 1 aromatic carbocycles. The first-order chi connectivity index (χ1) is 8.08. The first-order valence-electron chi connectivity index (χ1n) is 5.10. The number of carbonyl (C=O) groups is 2. The van der Waals surface area contributed by atoms with E-state index in [0.29, 0.717) is 6.42 Å². The van der Waals surface area contributed by atoms with Crippen LogP contribution in [-0.4, -0.2) is 24.8 Å². The third-order valence-electron chi connectivity index (χ3n) is 2.10. The Morgan fingerprint density at radius 1 is 1.24 bits per heavy atom. The number of urea groups is 1. The van der Waals surface area contributed by atoms with Crippen molar-refractivity contribution in [2.24, 2.45) is 11.5 Å². The van der Waals surface area contributed by atoms with E-state index in [0.717, 1.165) is 5.56 Å². The van der Waals surface area contributed by atoms with Gasteiger partial charge < -0.3 is 21.5 Å². The van der Waals surface area contributed by atoms with Crippen LogP contribution in [0.1, 0.15) is 5.56 Å². The summed E-state index contributed by atoms with van der Waals surface area (Å²) in [5, 5.41) is 2.49. The highest BCUT2D eigenvalue weighted by Gasteiger charge is 2.13. The molecule has 0 spiro atoms. The molecule has 1 aromatic rings. The molecule has 3 amide bonds. The summed E-state index contributed by atoms with van der Waals surface area (Å²) in [6.07, 6.45) is -0.369. The average molecular weight is 237 g/mol. The average Bonchev–Trinajstić information content (AvgIpc) is 2.26. The standard InChI is InChI=1S/C11H15N3O3/c12-10(15)14-9(7-17-11(13)16)6-8-4-2-1-3-5-8/h1-5,9H,6-7H2,(H2,13,16)(H3,12,14,15)/t9-/m1/s1. The Labute approximate surface area is 98.9 Å². The maximum absolute atomic E-state index is 10.8. The summed E-state index contributed by atoms with van der Waals surface area (Å²) in [6.45, 7) is -0.00678. The molecule has 0 aliphatic carbocycles. The smallest absolute Gasteiger partial charge is 0.404 e. The van der Waals surface area contributed by atoms with Crippen molar-refractivity contribution in [3.8, 4) is 0 Å². The Kier molecular flexibility index (Phi) is 4.80. The lowest BCUT2D eigenvalue weighted by Crippen LogP contribution is -2.43. The third kappa shape index (κ3) is 5.41. The van der Waals surface area contributed by atoms with Crippen molar-refractivity contribution in [3.05, 3.63) is 35.9 Å². The van der Waals surface area contributed by atoms with Crippen LogP contribution in [0.5, 0.6) is 0 Å². The van der Waals surface area contributed by atoms with Crippen molar-refractivity contribution in [2.75, 3.05) is 6.61 Å². The summed E-state index contributed by atoms with van der Waals surface area (Å²) in [4.78, 5) is 21.3. The molecule has 5 N–H and O–H groups in total. The summed E-state index contributed by atoms with van der Waals surface area (Å²) >= 11 is 0. The van der Waals surface area contributed by atoms with Crippen LogP contribution in [0.25, 0.3) is 0 Å². The number of hydrogen-bond acceptors (Lipinski definition) is 3. The summed E-state index contributed by atoms with van der Waals surface area (Å²) in [5.41, 5.74) is 10.9. The molecule has 0 fully saturated rings. The molecule has 0 unspecified atom stereocenters. The van der Waals surface area contributed by atoms with E-state index in [1.165, 1.54) is 0 Å². The third-order valence-corrected chi connectivity index (χ3v) is 2.10. The fourth-order valence-corrected chi connectivity index (χ4v) is 1.43. The quantitative estimate of drug-likeness (QED) is 0.688. The fraction of sp³-hybridized carbons (Fsp3) is 0.273. The van der Waals surface area contributed by atoms with E-state index in [-0.39, 0.29) is 12.6 Å². The highest BCUT2D eigenvalue weighted by molar-refractivity contribution is 5.72. The van der Waals surface area contributed by atoms with Gasteiger partial charge in [0.2, 0.25) is 0 Å². The molecule has 0 saturated carbocycles. The predicted molar refractivity (Wildman–Crippen MR) is 62.2 cm³/mol. The van der Waals surface area contributed by atoms with E-state index in [4.69, 9.17) is 11.5 Å². The van der Waals surface area contributed by atoms with E-state index in [9.17, 15) is 9.59 Å². The molecular formula is C11H15N3O3. The zero-order valence-electron chi connectivity index (χ0n) is 9.26. The molecule has 0 heterocycles. The molecular weight excluding hydrogens is 222 g/mol. The number of hydrogen-bond donors (Lipinski definition) is 3. The maximum atomic E-state index is 10.8. The molecule has 0 bridgehead atoms. The molecule has 0 aliphatic rings. The van der Waals surface area contributed by atoms with Gasteiger partial charge in [0.05, 0.1) is 6.04 Å². The van der Waals surface area contributed by atoms with Crippen LogP contribution in [0.3, 0.4) is 0 Å². The number of rotatable bonds is 5. The van der Waals surface area contributed by atoms with Crippen molar-refractivity contribution >= 4 is 12.1 Å². The van der Waals surface area contributed by atoms with E-state index in [1.54, 1.807) is 0 Å². The number of benzene rings is 1. The van der Waals surface area contributed by atoms with Crippen molar-refractivity contribution in [3.63, 3.8) is 0 Å². The van der Waals surface area contributed by atoms with Crippen molar-refractivity contribution in [2.45, 2.75) is 12.5 Å². The van der Waals surface area contributed by atoms with Crippen LogP contribution in [0, 0.1) is 0 Å². The number of amides is 3. The van der Waals surface area contributed by atoms with Crippen molar-refractivity contribution in [1.82, 2.24) is 5.32 Å². The van der Waals surface area contributed by atoms with E-state index >= 15 is 0 Å². The zero-order chi connectivity index (χ0) is 12.7. The summed E-state index contributed by atoms with van der Waals surface area (Å²) in [6, 6.07) is 8.40. The van der Waals surface area contributed by atoms with Gasteiger partial charge in [-0.05, 0) is 12.0 Å². The zero-order valence-corrected chi connectivity index (χ0v) is 9.26. The van der Waals surface area contributed by atoms with Crippen LogP contribution >= 0.6 is 0 Å². The van der Waals surface area contributed by atoms with Gasteiger partial charge in [-0.2, -0.15) is 0 Å². The Morgan fingerprint density at radius 3 is 2.41 bits per heavy atom. The molecule has 92 valence electrons. The lowest BCUT2D eigenvalue weighted by atomic mass is 10.1. The Bertz CT molecular complexity index is 381. The highest BCUT2D eigenvalue weighted by Crippen LogP contribution is 2.03. The van der Waals surface area contributed by atoms with Crippen LogP contribution in [-0.2, 0) is 11.2 Å². The molecule has 1 rings (SSSR count). The first kappa shape index (κ1) is 12.8. The molecule has 0 aliphatic heterocycles. The van der Waals surface area contributed by atoms with Crippen molar-refractivity contribution in [1.29, 1.82) is 0 Å². The van der Waals surface area contributed by atoms with Gasteiger partial charge in [-0.25, -0.2) is 9.59 Å². The van der Waals surface area contributed by atoms with Gasteiger partial charge in [-0.3, -0.25) is 0 Å². The topological polar surface area (TPSA) is 107 Å². The van der Waals surface area contributed by atoms with E-state index in [2.05, 4.69) is 10.1 Å². The molecule has 0 radical (unpaired) electrons. The molecule has 17 heavy (non-hydrogen) atoms. The van der Waals surface area contributed by atoms with Gasteiger partial charge in [0.25, 0.3) is 0 Å². The van der Waals surface area contributed by atoms with Crippen LogP contribution in [0.4, 0.5) is 9.59 Å². The van der Waals surface area contributed by atoms with E-state index in [1.807, 2.05) is 30.3 Å². The molecule has 6 heteroatoms. The van der Waals surface area contributed by atoms with Crippen LogP contribution in [0.15, 0.2) is 30.3 Å². The highest BCUT2D eigenvalue weighted by atomic mass is 16.5. The van der Waals surface area contributed by atoms with E-state index < -0.39 is 12.1 Å². The molecule has 6 nitrogen and oxygen atoms in total. The Balaban J connectivity index is 2.56. The number of nitrogens with one attached hydrogen (secondary N) is 1. The van der Waals surface area contributed by atoms with Crippen LogP contribution < -0.4 is 16.8 Å². The fourth-order valence-electron chi connectivity index (χ4n) is 1.43. The van der Waals surface area contributed by atoms with Crippen molar-refractivity contribution < 1.29 is 14.3 Å². The van der Waals surface area contributed by atoms with Gasteiger partial charge in [0.15, 0.2) is 0 Å². The van der Waals surface area contributed by atoms with Gasteiger partial charge in [0.1, 0.15) is 6.61 Å². The monoisotopic (exact) mass is 237 g/mol. The molecule has 1 atom stereocenters. The number of ether oxygens (including phenoxy) is 1. The SMILES string of the molecule is NC(=O)N[C@@H](COC(N)=O)Cc1ccccc1. The minimum Gasteiger partial charge on any atom is -0.448 e. The van der Waals surface area contributed by atoms with Gasteiger partial charge >= 0.3 is 12.1 Å².